The van der Waals surface area contributed by atoms with Gasteiger partial charge in [-0.1, -0.05) is 12.1 Å². The number of phenolic OH excluding ortho intramolecular Hbond substituents is 1. The van der Waals surface area contributed by atoms with Gasteiger partial charge < -0.3 is 9.84 Å². The van der Waals surface area contributed by atoms with Crippen LogP contribution in [0.3, 0.4) is 0 Å². The average molecular weight is 268 g/mol. The van der Waals surface area contributed by atoms with Crippen LogP contribution in [0.25, 0.3) is 16.9 Å². The van der Waals surface area contributed by atoms with Crippen LogP contribution in [-0.2, 0) is 4.74 Å². The van der Waals surface area contributed by atoms with Gasteiger partial charge in [0.1, 0.15) is 11.6 Å². The molecule has 0 fully saturated rings. The smallest absolute Gasteiger partial charge is 0.339 e. The second-order valence-electron chi connectivity index (χ2n) is 4.34. The third-order valence-corrected chi connectivity index (χ3v) is 3.05. The van der Waals surface area contributed by atoms with E-state index in [-0.39, 0.29) is 5.75 Å². The SMILES string of the molecule is COC(=O)c1ccc2cnc(-c3cccc(O)c3)n2c1. The number of aromatic nitrogens is 2. The molecule has 0 aliphatic heterocycles. The fourth-order valence-corrected chi connectivity index (χ4v) is 2.09. The first kappa shape index (κ1) is 12.2. The van der Waals surface area contributed by atoms with Crippen molar-refractivity contribution in [3.8, 4) is 17.1 Å². The molecule has 1 N–H and O–H groups in total. The van der Waals surface area contributed by atoms with E-state index in [9.17, 15) is 9.90 Å². The summed E-state index contributed by atoms with van der Waals surface area (Å²) in [5, 5.41) is 9.55. The van der Waals surface area contributed by atoms with Crippen LogP contribution in [0.4, 0.5) is 0 Å². The third kappa shape index (κ3) is 1.99. The Kier molecular flexibility index (Phi) is 2.87. The highest BCUT2D eigenvalue weighted by Crippen LogP contribution is 2.23. The highest BCUT2D eigenvalue weighted by Gasteiger charge is 2.11. The normalized spacial score (nSPS) is 10.7. The number of aromatic hydroxyl groups is 1. The van der Waals surface area contributed by atoms with Crippen LogP contribution in [-0.4, -0.2) is 27.6 Å². The number of hydrogen-bond donors (Lipinski definition) is 1. The molecule has 100 valence electrons. The van der Waals surface area contributed by atoms with E-state index in [0.717, 1.165) is 11.1 Å². The zero-order valence-corrected chi connectivity index (χ0v) is 10.8. The Balaban J connectivity index is 2.19. The first-order valence-electron chi connectivity index (χ1n) is 6.04. The van der Waals surface area contributed by atoms with Crippen LogP contribution in [0.5, 0.6) is 5.75 Å². The molecule has 2 aromatic heterocycles. The lowest BCUT2D eigenvalue weighted by Gasteiger charge is -2.04. The van der Waals surface area contributed by atoms with Gasteiger partial charge in [0.2, 0.25) is 0 Å². The molecule has 0 saturated heterocycles. The van der Waals surface area contributed by atoms with Gasteiger partial charge in [0.15, 0.2) is 0 Å². The Morgan fingerprint density at radius 2 is 2.15 bits per heavy atom. The predicted octanol–water partition coefficient (Wildman–Crippen LogP) is 2.49. The van der Waals surface area contributed by atoms with E-state index < -0.39 is 5.97 Å². The summed E-state index contributed by atoms with van der Waals surface area (Å²) in [5.74, 6) is 0.424. The van der Waals surface area contributed by atoms with E-state index in [1.165, 1.54) is 7.11 Å². The maximum Gasteiger partial charge on any atom is 0.339 e. The number of carbonyl (C=O) groups is 1. The molecule has 0 spiro atoms. The Bertz CT molecular complexity index is 793. The number of carbonyl (C=O) groups excluding carboxylic acids is 1. The number of nitrogens with zero attached hydrogens (tertiary/aromatic N) is 2. The van der Waals surface area contributed by atoms with Crippen molar-refractivity contribution in [2.24, 2.45) is 0 Å². The standard InChI is InChI=1S/C15H12N2O3/c1-20-15(19)11-5-6-12-8-16-14(17(12)9-11)10-3-2-4-13(18)7-10/h2-9,18H,1H3. The molecular weight excluding hydrogens is 256 g/mol. The number of fused-ring (bicyclic) bond motifs is 1. The topological polar surface area (TPSA) is 63.8 Å². The molecule has 3 aromatic rings. The molecule has 0 saturated carbocycles. The van der Waals surface area contributed by atoms with Gasteiger partial charge in [-0.25, -0.2) is 9.78 Å². The molecule has 5 heteroatoms. The largest absolute Gasteiger partial charge is 0.508 e. The van der Waals surface area contributed by atoms with Gasteiger partial charge in [-0.2, -0.15) is 0 Å². The molecule has 0 radical (unpaired) electrons. The van der Waals surface area contributed by atoms with Gasteiger partial charge in [-0.15, -0.1) is 0 Å². The van der Waals surface area contributed by atoms with Gasteiger partial charge in [-0.05, 0) is 24.3 Å². The maximum absolute atomic E-state index is 11.6. The van der Waals surface area contributed by atoms with Gasteiger partial charge in [0.05, 0.1) is 24.4 Å². The average Bonchev–Trinajstić information content (AvgIpc) is 2.89. The molecule has 20 heavy (non-hydrogen) atoms. The summed E-state index contributed by atoms with van der Waals surface area (Å²) in [4.78, 5) is 15.9. The Hall–Kier alpha value is -2.82. The van der Waals surface area contributed by atoms with Crippen LogP contribution in [0.1, 0.15) is 10.4 Å². The van der Waals surface area contributed by atoms with Crippen molar-refractivity contribution in [1.29, 1.82) is 0 Å². The summed E-state index contributed by atoms with van der Waals surface area (Å²) < 4.78 is 6.51. The van der Waals surface area contributed by atoms with E-state index in [4.69, 9.17) is 4.74 Å². The summed E-state index contributed by atoms with van der Waals surface area (Å²) in [7, 11) is 1.34. The molecule has 0 unspecified atom stereocenters. The van der Waals surface area contributed by atoms with Crippen LogP contribution < -0.4 is 0 Å². The fraction of sp³-hybridized carbons (Fsp3) is 0.0667. The van der Waals surface area contributed by atoms with Crippen LogP contribution in [0.2, 0.25) is 0 Å². The minimum absolute atomic E-state index is 0.170. The predicted molar refractivity (Wildman–Crippen MR) is 73.6 cm³/mol. The van der Waals surface area contributed by atoms with Crippen molar-refractivity contribution in [3.63, 3.8) is 0 Å². The number of benzene rings is 1. The third-order valence-electron chi connectivity index (χ3n) is 3.05. The molecule has 3 rings (SSSR count). The van der Waals surface area contributed by atoms with Crippen LogP contribution in [0.15, 0.2) is 48.8 Å². The molecular formula is C15H12N2O3. The number of ether oxygens (including phenoxy) is 1. The van der Waals surface area contributed by atoms with E-state index in [1.807, 2.05) is 6.07 Å². The van der Waals surface area contributed by atoms with Gasteiger partial charge in [-0.3, -0.25) is 4.40 Å². The van der Waals surface area contributed by atoms with Gasteiger partial charge in [0, 0.05) is 11.8 Å². The highest BCUT2D eigenvalue weighted by molar-refractivity contribution is 5.89. The zero-order valence-electron chi connectivity index (χ0n) is 10.8. The number of hydrogen-bond acceptors (Lipinski definition) is 4. The quantitative estimate of drug-likeness (QED) is 0.725. The molecule has 0 atom stereocenters. The first-order valence-corrected chi connectivity index (χ1v) is 6.04. The maximum atomic E-state index is 11.6. The Labute approximate surface area is 115 Å². The minimum atomic E-state index is -0.401. The Morgan fingerprint density at radius 3 is 2.90 bits per heavy atom. The van der Waals surface area contributed by atoms with Crippen LogP contribution >= 0.6 is 0 Å². The number of pyridine rings is 1. The lowest BCUT2D eigenvalue weighted by molar-refractivity contribution is 0.0600. The molecule has 1 aromatic carbocycles. The van der Waals surface area contributed by atoms with Crippen molar-refractivity contribution in [2.45, 2.75) is 0 Å². The van der Waals surface area contributed by atoms with Crippen molar-refractivity contribution in [2.75, 3.05) is 7.11 Å². The van der Waals surface area contributed by atoms with Crippen molar-refractivity contribution in [3.05, 3.63) is 54.4 Å². The summed E-state index contributed by atoms with van der Waals surface area (Å²) >= 11 is 0. The number of methoxy groups -OCH3 is 1. The van der Waals surface area contributed by atoms with Gasteiger partial charge >= 0.3 is 5.97 Å². The monoisotopic (exact) mass is 268 g/mol. The summed E-state index contributed by atoms with van der Waals surface area (Å²) in [5.41, 5.74) is 2.07. The number of rotatable bonds is 2. The molecule has 0 aliphatic carbocycles. The van der Waals surface area contributed by atoms with Crippen molar-refractivity contribution < 1.29 is 14.6 Å². The zero-order chi connectivity index (χ0) is 14.1. The minimum Gasteiger partial charge on any atom is -0.508 e. The molecule has 0 aliphatic rings. The van der Waals surface area contributed by atoms with E-state index in [0.29, 0.717) is 11.4 Å². The molecule has 2 heterocycles. The van der Waals surface area contributed by atoms with E-state index in [1.54, 1.807) is 47.1 Å². The lowest BCUT2D eigenvalue weighted by Crippen LogP contribution is -2.03. The fourth-order valence-electron chi connectivity index (χ4n) is 2.09. The van der Waals surface area contributed by atoms with Crippen molar-refractivity contribution in [1.82, 2.24) is 9.38 Å². The number of esters is 1. The second-order valence-corrected chi connectivity index (χ2v) is 4.34. The second kappa shape index (κ2) is 4.70. The van der Waals surface area contributed by atoms with E-state index in [2.05, 4.69) is 4.98 Å². The number of phenols is 1. The molecule has 0 amide bonds. The first-order chi connectivity index (χ1) is 9.69. The lowest BCUT2D eigenvalue weighted by atomic mass is 10.2. The summed E-state index contributed by atoms with van der Waals surface area (Å²) in [6.07, 6.45) is 3.38. The Morgan fingerprint density at radius 1 is 1.30 bits per heavy atom. The molecule has 0 bridgehead atoms. The summed E-state index contributed by atoms with van der Waals surface area (Å²) in [6.45, 7) is 0. The molecule has 5 nitrogen and oxygen atoms in total. The number of imidazole rings is 1. The summed E-state index contributed by atoms with van der Waals surface area (Å²) in [6, 6.07) is 10.3. The van der Waals surface area contributed by atoms with Crippen molar-refractivity contribution >= 4 is 11.5 Å². The van der Waals surface area contributed by atoms with Gasteiger partial charge in [0.25, 0.3) is 0 Å². The van der Waals surface area contributed by atoms with Crippen LogP contribution in [0, 0.1) is 0 Å². The highest BCUT2D eigenvalue weighted by atomic mass is 16.5. The van der Waals surface area contributed by atoms with E-state index >= 15 is 0 Å².